The molecular weight excluding hydrogens is 308 g/mol. The minimum atomic E-state index is -0.711. The van der Waals surface area contributed by atoms with Gasteiger partial charge < -0.3 is 15.4 Å². The van der Waals surface area contributed by atoms with E-state index in [-0.39, 0.29) is 11.8 Å². The second-order valence-corrected chi connectivity index (χ2v) is 6.24. The predicted molar refractivity (Wildman–Crippen MR) is 92.7 cm³/mol. The number of benzene rings is 1. The summed E-state index contributed by atoms with van der Waals surface area (Å²) in [6.45, 7) is 10.5. The van der Waals surface area contributed by atoms with Gasteiger partial charge in [0.2, 0.25) is 5.91 Å². The van der Waals surface area contributed by atoms with Crippen LogP contribution in [0.15, 0.2) is 36.9 Å². The summed E-state index contributed by atoms with van der Waals surface area (Å²) in [6, 6.07) is 5.62. The third-order valence-electron chi connectivity index (χ3n) is 3.00. The Labute approximate surface area is 142 Å². The van der Waals surface area contributed by atoms with Crippen LogP contribution in [0.3, 0.4) is 0 Å². The molecule has 2 amide bonds. The van der Waals surface area contributed by atoms with Crippen molar-refractivity contribution in [3.05, 3.63) is 42.5 Å². The molecule has 1 aromatic carbocycles. The smallest absolute Gasteiger partial charge is 0.329 e. The summed E-state index contributed by atoms with van der Waals surface area (Å²) >= 11 is 0. The lowest BCUT2D eigenvalue weighted by Crippen LogP contribution is -2.43. The number of rotatable bonds is 6. The fraction of sp³-hybridized carbons (Fsp3) is 0.389. The number of hydrogen-bond acceptors (Lipinski definition) is 4. The largest absolute Gasteiger partial charge is 0.458 e. The minimum Gasteiger partial charge on any atom is -0.458 e. The van der Waals surface area contributed by atoms with Gasteiger partial charge in [-0.1, -0.05) is 13.5 Å². The van der Waals surface area contributed by atoms with Gasteiger partial charge in [0, 0.05) is 11.3 Å². The summed E-state index contributed by atoms with van der Waals surface area (Å²) in [6.07, 6.45) is 1.58. The van der Waals surface area contributed by atoms with Gasteiger partial charge >= 0.3 is 5.97 Å². The van der Waals surface area contributed by atoms with Crippen LogP contribution < -0.4 is 10.6 Å². The lowest BCUT2D eigenvalue weighted by atomic mass is 10.1. The average Bonchev–Trinajstić information content (AvgIpc) is 2.51. The maximum atomic E-state index is 12.3. The highest BCUT2D eigenvalue weighted by atomic mass is 16.6. The number of ether oxygens (including phenoxy) is 1. The van der Waals surface area contributed by atoms with Crippen molar-refractivity contribution in [3.8, 4) is 0 Å². The fourth-order valence-electron chi connectivity index (χ4n) is 1.84. The van der Waals surface area contributed by atoms with Crippen molar-refractivity contribution in [2.45, 2.75) is 45.8 Å². The van der Waals surface area contributed by atoms with E-state index < -0.39 is 17.6 Å². The molecule has 2 N–H and O–H groups in total. The van der Waals surface area contributed by atoms with Crippen molar-refractivity contribution in [1.29, 1.82) is 0 Å². The molecule has 0 heterocycles. The third-order valence-corrected chi connectivity index (χ3v) is 3.00. The molecule has 0 unspecified atom stereocenters. The van der Waals surface area contributed by atoms with Crippen LogP contribution in [-0.2, 0) is 14.3 Å². The Morgan fingerprint density at radius 1 is 1.21 bits per heavy atom. The summed E-state index contributed by atoms with van der Waals surface area (Å²) in [4.78, 5) is 35.5. The van der Waals surface area contributed by atoms with Gasteiger partial charge in [0.15, 0.2) is 0 Å². The van der Waals surface area contributed by atoms with E-state index in [2.05, 4.69) is 17.2 Å². The molecule has 0 saturated heterocycles. The molecule has 6 heteroatoms. The standard InChI is InChI=1S/C18H24N2O4/c1-6-14(17(23)24-18(3,4)5)20-16(22)12-8-10-13(11-9-12)19-15(21)7-2/h7-11,14H,2,6H2,1,3-5H3,(H,19,21)(H,20,22)/t14-/m1/s1. The van der Waals surface area contributed by atoms with E-state index in [1.807, 2.05) is 0 Å². The zero-order chi connectivity index (χ0) is 18.3. The van der Waals surface area contributed by atoms with Crippen LogP contribution in [-0.4, -0.2) is 29.4 Å². The molecule has 0 aliphatic rings. The highest BCUT2D eigenvalue weighted by Gasteiger charge is 2.25. The molecule has 0 bridgehead atoms. The number of anilines is 1. The molecule has 0 fully saturated rings. The first-order chi connectivity index (χ1) is 11.2. The molecule has 24 heavy (non-hydrogen) atoms. The van der Waals surface area contributed by atoms with Gasteiger partial charge in [-0.05, 0) is 57.5 Å². The van der Waals surface area contributed by atoms with Crippen LogP contribution in [0.1, 0.15) is 44.5 Å². The first kappa shape index (κ1) is 19.4. The third kappa shape index (κ3) is 6.24. The number of nitrogens with one attached hydrogen (secondary N) is 2. The van der Waals surface area contributed by atoms with Gasteiger partial charge in [0.25, 0.3) is 5.91 Å². The summed E-state index contributed by atoms with van der Waals surface area (Å²) in [5, 5.41) is 5.25. The quantitative estimate of drug-likeness (QED) is 0.619. The summed E-state index contributed by atoms with van der Waals surface area (Å²) in [5.41, 5.74) is 0.324. The average molecular weight is 332 g/mol. The van der Waals surface area contributed by atoms with E-state index in [9.17, 15) is 14.4 Å². The van der Waals surface area contributed by atoms with Crippen LogP contribution in [0, 0.1) is 0 Å². The number of hydrogen-bond donors (Lipinski definition) is 2. The van der Waals surface area contributed by atoms with Gasteiger partial charge in [-0.15, -0.1) is 0 Å². The molecule has 1 rings (SSSR count). The van der Waals surface area contributed by atoms with E-state index >= 15 is 0 Å². The normalized spacial score (nSPS) is 12.0. The predicted octanol–water partition coefficient (Wildman–Crippen LogP) is 2.66. The molecule has 0 saturated carbocycles. The highest BCUT2D eigenvalue weighted by molar-refractivity contribution is 6.00. The van der Waals surface area contributed by atoms with E-state index in [4.69, 9.17) is 4.74 Å². The molecule has 0 radical (unpaired) electrons. The first-order valence-electron chi connectivity index (χ1n) is 7.73. The first-order valence-corrected chi connectivity index (χ1v) is 7.73. The molecule has 130 valence electrons. The Morgan fingerprint density at radius 2 is 1.79 bits per heavy atom. The molecule has 0 aliphatic heterocycles. The van der Waals surface area contributed by atoms with Crippen LogP contribution in [0.5, 0.6) is 0 Å². The molecule has 1 atom stereocenters. The van der Waals surface area contributed by atoms with Gasteiger partial charge in [0.1, 0.15) is 11.6 Å². The number of esters is 1. The van der Waals surface area contributed by atoms with Crippen LogP contribution in [0.4, 0.5) is 5.69 Å². The number of amides is 2. The summed E-state index contributed by atoms with van der Waals surface area (Å²) < 4.78 is 5.29. The summed E-state index contributed by atoms with van der Waals surface area (Å²) in [5.74, 6) is -1.18. The van der Waals surface area contributed by atoms with Gasteiger partial charge in [-0.25, -0.2) is 4.79 Å². The Hall–Kier alpha value is -2.63. The van der Waals surface area contributed by atoms with Crippen molar-refractivity contribution in [2.24, 2.45) is 0 Å². The lowest BCUT2D eigenvalue weighted by molar-refractivity contribution is -0.157. The van der Waals surface area contributed by atoms with E-state index in [0.717, 1.165) is 6.08 Å². The summed E-state index contributed by atoms with van der Waals surface area (Å²) in [7, 11) is 0. The molecule has 0 aromatic heterocycles. The maximum absolute atomic E-state index is 12.3. The van der Waals surface area contributed by atoms with Crippen LogP contribution in [0.25, 0.3) is 0 Å². The molecule has 1 aromatic rings. The maximum Gasteiger partial charge on any atom is 0.329 e. The van der Waals surface area contributed by atoms with Crippen molar-refractivity contribution in [1.82, 2.24) is 5.32 Å². The Balaban J connectivity index is 2.73. The van der Waals surface area contributed by atoms with Crippen molar-refractivity contribution in [2.75, 3.05) is 5.32 Å². The Morgan fingerprint density at radius 3 is 2.25 bits per heavy atom. The zero-order valence-electron chi connectivity index (χ0n) is 14.5. The van der Waals surface area contributed by atoms with Crippen molar-refractivity contribution in [3.63, 3.8) is 0 Å². The topological polar surface area (TPSA) is 84.5 Å². The van der Waals surface area contributed by atoms with Crippen molar-refractivity contribution < 1.29 is 19.1 Å². The van der Waals surface area contributed by atoms with Crippen LogP contribution in [0.2, 0.25) is 0 Å². The van der Waals surface area contributed by atoms with Crippen molar-refractivity contribution >= 4 is 23.5 Å². The highest BCUT2D eigenvalue weighted by Crippen LogP contribution is 2.12. The second-order valence-electron chi connectivity index (χ2n) is 6.24. The zero-order valence-corrected chi connectivity index (χ0v) is 14.5. The van der Waals surface area contributed by atoms with Gasteiger partial charge in [-0.3, -0.25) is 9.59 Å². The SMILES string of the molecule is C=CC(=O)Nc1ccc(C(=O)N[C@H](CC)C(=O)OC(C)(C)C)cc1. The fourth-order valence-corrected chi connectivity index (χ4v) is 1.84. The lowest BCUT2D eigenvalue weighted by Gasteiger charge is -2.24. The Bertz CT molecular complexity index is 615. The van der Waals surface area contributed by atoms with Crippen LogP contribution >= 0.6 is 0 Å². The Kier molecular flexibility index (Phi) is 6.70. The minimum absolute atomic E-state index is 0.330. The molecule has 6 nitrogen and oxygen atoms in total. The number of carbonyl (C=O) groups is 3. The molecule has 0 spiro atoms. The van der Waals surface area contributed by atoms with E-state index in [1.165, 1.54) is 0 Å². The number of carbonyl (C=O) groups excluding carboxylic acids is 3. The monoisotopic (exact) mass is 332 g/mol. The molecular formula is C18H24N2O4. The van der Waals surface area contributed by atoms with E-state index in [0.29, 0.717) is 17.7 Å². The van der Waals surface area contributed by atoms with Gasteiger partial charge in [0.05, 0.1) is 0 Å². The van der Waals surface area contributed by atoms with Gasteiger partial charge in [-0.2, -0.15) is 0 Å². The van der Waals surface area contributed by atoms with E-state index in [1.54, 1.807) is 52.0 Å². The second kappa shape index (κ2) is 8.29. The molecule has 0 aliphatic carbocycles.